The monoisotopic (exact) mass is 464 g/mol. The van der Waals surface area contributed by atoms with Crippen LogP contribution in [0.4, 0.5) is 8.78 Å². The number of fused-ring (bicyclic) bond motifs is 1. The number of hydrogen-bond donors (Lipinski definition) is 0. The molecule has 1 amide bonds. The van der Waals surface area contributed by atoms with Crippen LogP contribution in [0, 0.1) is 5.92 Å². The number of likely N-dealkylation sites (tertiary alicyclic amines) is 1. The Morgan fingerprint density at radius 1 is 1.28 bits per heavy atom. The zero-order chi connectivity index (χ0) is 22.7. The van der Waals surface area contributed by atoms with Crippen LogP contribution in [0.1, 0.15) is 25.0 Å². The average molecular weight is 465 g/mol. The van der Waals surface area contributed by atoms with Gasteiger partial charge in [0.15, 0.2) is 0 Å². The van der Waals surface area contributed by atoms with Crippen molar-refractivity contribution in [1.29, 1.82) is 0 Å². The summed E-state index contributed by atoms with van der Waals surface area (Å²) < 4.78 is 38.1. The van der Waals surface area contributed by atoms with Gasteiger partial charge in [0.05, 0.1) is 19.2 Å². The lowest BCUT2D eigenvalue weighted by molar-refractivity contribution is -0.127. The summed E-state index contributed by atoms with van der Waals surface area (Å²) in [6.45, 7) is -1.24. The molecule has 170 valence electrons. The highest BCUT2D eigenvalue weighted by molar-refractivity contribution is 6.30. The van der Waals surface area contributed by atoms with Gasteiger partial charge in [-0.2, -0.15) is 13.8 Å². The largest absolute Gasteiger partial charge is 0.497 e. The third-order valence-electron chi connectivity index (χ3n) is 5.59. The molecule has 3 aromatic rings. The molecule has 0 aliphatic carbocycles. The Hall–Kier alpha value is -2.94. The van der Waals surface area contributed by atoms with Gasteiger partial charge in [0.1, 0.15) is 22.7 Å². The Balaban J connectivity index is 1.31. The zero-order valence-corrected chi connectivity index (χ0v) is 18.3. The number of alkyl halides is 2. The molecule has 1 aromatic carbocycles. The smallest absolute Gasteiger partial charge is 0.320 e. The van der Waals surface area contributed by atoms with Crippen molar-refractivity contribution in [1.82, 2.24) is 19.4 Å². The fraction of sp³-hybridized carbons (Fsp3) is 0.409. The van der Waals surface area contributed by atoms with Gasteiger partial charge in [0.25, 0.3) is 0 Å². The number of ether oxygens (including phenoxy) is 2. The number of imidazole rings is 1. The van der Waals surface area contributed by atoms with Gasteiger partial charge in [0.2, 0.25) is 11.8 Å². The maximum Gasteiger partial charge on any atom is 0.320 e. The van der Waals surface area contributed by atoms with E-state index in [4.69, 9.17) is 21.1 Å². The maximum atomic E-state index is 13.3. The zero-order valence-electron chi connectivity index (χ0n) is 17.5. The number of hydrogen-bond acceptors (Lipinski definition) is 5. The van der Waals surface area contributed by atoms with E-state index in [-0.39, 0.29) is 35.0 Å². The second-order valence-corrected chi connectivity index (χ2v) is 8.08. The van der Waals surface area contributed by atoms with Crippen molar-refractivity contribution >= 4 is 28.5 Å². The molecule has 32 heavy (non-hydrogen) atoms. The number of aromatic nitrogens is 3. The fourth-order valence-corrected chi connectivity index (χ4v) is 4.07. The van der Waals surface area contributed by atoms with Crippen LogP contribution in [-0.2, 0) is 11.2 Å². The van der Waals surface area contributed by atoms with Crippen LogP contribution in [0.3, 0.4) is 0 Å². The molecule has 10 heteroatoms. The minimum absolute atomic E-state index is 0.0194. The molecule has 1 atom stereocenters. The summed E-state index contributed by atoms with van der Waals surface area (Å²) in [4.78, 5) is 22.2. The summed E-state index contributed by atoms with van der Waals surface area (Å²) in [7, 11) is 1.63. The summed E-state index contributed by atoms with van der Waals surface area (Å²) in [6, 6.07) is 9.21. The molecular weight excluding hydrogens is 442 g/mol. The maximum absolute atomic E-state index is 13.3. The molecule has 0 saturated carbocycles. The fourth-order valence-electron chi connectivity index (χ4n) is 3.89. The normalized spacial score (nSPS) is 16.3. The van der Waals surface area contributed by atoms with Crippen molar-refractivity contribution < 1.29 is 23.0 Å². The summed E-state index contributed by atoms with van der Waals surface area (Å²) in [6.07, 6.45) is 2.85. The molecule has 1 fully saturated rings. The van der Waals surface area contributed by atoms with E-state index in [2.05, 4.69) is 9.97 Å². The molecule has 0 radical (unpaired) electrons. The van der Waals surface area contributed by atoms with Gasteiger partial charge >= 0.3 is 6.55 Å². The van der Waals surface area contributed by atoms with Crippen LogP contribution in [0.25, 0.3) is 11.0 Å². The van der Waals surface area contributed by atoms with Crippen molar-refractivity contribution in [2.75, 3.05) is 26.8 Å². The summed E-state index contributed by atoms with van der Waals surface area (Å²) >= 11 is 5.97. The van der Waals surface area contributed by atoms with Crippen LogP contribution in [0.5, 0.6) is 11.6 Å². The van der Waals surface area contributed by atoms with Crippen LogP contribution < -0.4 is 9.47 Å². The molecule has 0 spiro atoms. The molecule has 1 aliphatic heterocycles. The van der Waals surface area contributed by atoms with Gasteiger partial charge < -0.3 is 14.4 Å². The van der Waals surface area contributed by atoms with Gasteiger partial charge in [0, 0.05) is 25.6 Å². The number of amides is 1. The molecule has 0 unspecified atom stereocenters. The van der Waals surface area contributed by atoms with E-state index >= 15 is 0 Å². The second-order valence-electron chi connectivity index (χ2n) is 7.69. The SMILES string of the molecule is COc1ccc(CCN2C[C@H](CCOc3nc(Cl)cc4ncn(C(F)F)c34)CC2=O)cc1. The highest BCUT2D eigenvalue weighted by atomic mass is 35.5. The minimum Gasteiger partial charge on any atom is -0.497 e. The molecule has 0 N–H and O–H groups in total. The van der Waals surface area contributed by atoms with Crippen molar-refractivity contribution in [3.63, 3.8) is 0 Å². The van der Waals surface area contributed by atoms with E-state index < -0.39 is 6.55 Å². The molecule has 4 rings (SSSR count). The summed E-state index contributed by atoms with van der Waals surface area (Å²) in [5.74, 6) is 1.07. The van der Waals surface area contributed by atoms with E-state index in [1.165, 1.54) is 6.07 Å². The van der Waals surface area contributed by atoms with Crippen molar-refractivity contribution in [2.24, 2.45) is 5.92 Å². The number of benzene rings is 1. The highest BCUT2D eigenvalue weighted by Gasteiger charge is 2.29. The quantitative estimate of drug-likeness (QED) is 0.440. The van der Waals surface area contributed by atoms with E-state index in [9.17, 15) is 13.6 Å². The highest BCUT2D eigenvalue weighted by Crippen LogP contribution is 2.30. The van der Waals surface area contributed by atoms with E-state index in [1.54, 1.807) is 7.11 Å². The third kappa shape index (κ3) is 4.93. The van der Waals surface area contributed by atoms with E-state index in [0.717, 1.165) is 24.1 Å². The first-order chi connectivity index (χ1) is 15.4. The number of pyridine rings is 1. The van der Waals surface area contributed by atoms with Crippen molar-refractivity contribution in [3.05, 3.63) is 47.4 Å². The van der Waals surface area contributed by atoms with Crippen LogP contribution in [-0.4, -0.2) is 52.1 Å². The summed E-state index contributed by atoms with van der Waals surface area (Å²) in [5, 5.41) is 0.118. The number of carbonyl (C=O) groups excluding carboxylic acids is 1. The first-order valence-electron chi connectivity index (χ1n) is 10.3. The van der Waals surface area contributed by atoms with E-state index in [0.29, 0.717) is 36.0 Å². The van der Waals surface area contributed by atoms with Gasteiger partial charge in [-0.3, -0.25) is 9.36 Å². The molecule has 3 heterocycles. The molecule has 2 aromatic heterocycles. The third-order valence-corrected chi connectivity index (χ3v) is 5.78. The van der Waals surface area contributed by atoms with Crippen molar-refractivity contribution in [3.8, 4) is 11.6 Å². The molecule has 1 saturated heterocycles. The van der Waals surface area contributed by atoms with Crippen LogP contribution >= 0.6 is 11.6 Å². The van der Waals surface area contributed by atoms with Crippen LogP contribution in [0.2, 0.25) is 5.15 Å². The number of carbonyl (C=O) groups is 1. The van der Waals surface area contributed by atoms with Crippen molar-refractivity contribution in [2.45, 2.75) is 25.8 Å². The molecule has 7 nitrogen and oxygen atoms in total. The Morgan fingerprint density at radius 3 is 2.78 bits per heavy atom. The summed E-state index contributed by atoms with van der Waals surface area (Å²) in [5.41, 5.74) is 1.53. The molecule has 1 aliphatic rings. The lowest BCUT2D eigenvalue weighted by Gasteiger charge is -2.17. The van der Waals surface area contributed by atoms with E-state index in [1.807, 2.05) is 29.2 Å². The van der Waals surface area contributed by atoms with Gasteiger partial charge in [-0.05, 0) is 36.5 Å². The molecular formula is C22H23ClF2N4O3. The van der Waals surface area contributed by atoms with Crippen LogP contribution in [0.15, 0.2) is 36.7 Å². The minimum atomic E-state index is -2.77. The lowest BCUT2D eigenvalue weighted by atomic mass is 10.1. The second kappa shape index (κ2) is 9.68. The Morgan fingerprint density at radius 2 is 2.06 bits per heavy atom. The predicted molar refractivity (Wildman–Crippen MR) is 115 cm³/mol. The predicted octanol–water partition coefficient (Wildman–Crippen LogP) is 4.35. The van der Waals surface area contributed by atoms with Gasteiger partial charge in [-0.1, -0.05) is 23.7 Å². The topological polar surface area (TPSA) is 69.5 Å². The average Bonchev–Trinajstić information content (AvgIpc) is 3.35. The number of halogens is 3. The van der Waals surface area contributed by atoms with Gasteiger partial charge in [-0.25, -0.2) is 4.98 Å². The lowest BCUT2D eigenvalue weighted by Crippen LogP contribution is -2.27. The Labute approximate surface area is 188 Å². The number of nitrogens with zero attached hydrogens (tertiary/aromatic N) is 4. The molecule has 0 bridgehead atoms. The first kappa shape index (κ1) is 22.3. The number of methoxy groups -OCH3 is 1. The van der Waals surface area contributed by atoms with Gasteiger partial charge in [-0.15, -0.1) is 0 Å². The Bertz CT molecular complexity index is 1090. The first-order valence-corrected chi connectivity index (χ1v) is 10.7. The number of rotatable bonds is 9. The Kier molecular flexibility index (Phi) is 6.74. The standard InChI is InChI=1S/C22H23ClF2N4O3/c1-31-16-4-2-14(3-5-16)6-8-28-12-15(10-19(28)30)7-9-32-21-20-17(11-18(23)27-21)26-13-29(20)22(24)25/h2-5,11,13,15,22H,6-10,12H2,1H3/t15-/m1/s1.